The zero-order valence-electron chi connectivity index (χ0n) is 14.1. The largest absolute Gasteiger partial charge is 0.482 e. The van der Waals surface area contributed by atoms with Crippen LogP contribution in [0.2, 0.25) is 0 Å². The topological polar surface area (TPSA) is 81.7 Å². The summed E-state index contributed by atoms with van der Waals surface area (Å²) in [5.41, 5.74) is 1.21. The number of hydrogen-bond donors (Lipinski definition) is 1. The number of carbonyl (C=O) groups excluding carboxylic acids is 3. The van der Waals surface area contributed by atoms with Gasteiger partial charge in [-0.2, -0.15) is 0 Å². The van der Waals surface area contributed by atoms with Crippen molar-refractivity contribution in [1.29, 1.82) is 0 Å². The first-order chi connectivity index (χ1) is 12.5. The van der Waals surface area contributed by atoms with E-state index in [1.807, 2.05) is 0 Å². The monoisotopic (exact) mass is 359 g/mol. The Balaban J connectivity index is 1.73. The maximum Gasteiger partial charge on any atom is 0.344 e. The summed E-state index contributed by atoms with van der Waals surface area (Å²) in [5.74, 6) is -1.13. The molecule has 2 rings (SSSR count). The predicted molar refractivity (Wildman–Crippen MR) is 91.1 cm³/mol. The fourth-order valence-corrected chi connectivity index (χ4v) is 2.00. The first-order valence-electron chi connectivity index (χ1n) is 7.87. The molecule has 0 heterocycles. The van der Waals surface area contributed by atoms with E-state index in [1.165, 1.54) is 19.1 Å². The molecule has 136 valence electrons. The van der Waals surface area contributed by atoms with E-state index >= 15 is 0 Å². The third-order valence-corrected chi connectivity index (χ3v) is 3.43. The minimum atomic E-state index is -0.996. The maximum absolute atomic E-state index is 12.8. The summed E-state index contributed by atoms with van der Waals surface area (Å²) >= 11 is 0. The molecular formula is C19H18FNO5. The van der Waals surface area contributed by atoms with Gasteiger partial charge in [0.1, 0.15) is 17.9 Å². The molecular weight excluding hydrogens is 341 g/mol. The Bertz CT molecular complexity index is 759. The average Bonchev–Trinajstić information content (AvgIpc) is 2.66. The number of hydrogen-bond acceptors (Lipinski definition) is 5. The smallest absolute Gasteiger partial charge is 0.344 e. The van der Waals surface area contributed by atoms with E-state index in [1.54, 1.807) is 36.4 Å². The summed E-state index contributed by atoms with van der Waals surface area (Å²) in [6.07, 6.45) is -0.298. The Morgan fingerprint density at radius 2 is 1.77 bits per heavy atom. The second kappa shape index (κ2) is 9.31. The molecule has 0 aliphatic rings. The van der Waals surface area contributed by atoms with Crippen molar-refractivity contribution in [3.05, 3.63) is 65.5 Å². The number of nitrogens with one attached hydrogen (secondary N) is 1. The molecule has 0 fully saturated rings. The SMILES string of the molecule is C[C@@H](OC(=O)COc1ccc(C=O)cc1)C(=O)NCc1ccc(F)cc1. The zero-order valence-corrected chi connectivity index (χ0v) is 14.1. The van der Waals surface area contributed by atoms with Crippen molar-refractivity contribution in [3.63, 3.8) is 0 Å². The van der Waals surface area contributed by atoms with Gasteiger partial charge >= 0.3 is 5.97 Å². The third-order valence-electron chi connectivity index (χ3n) is 3.43. The molecule has 0 radical (unpaired) electrons. The Morgan fingerprint density at radius 1 is 1.12 bits per heavy atom. The van der Waals surface area contributed by atoms with Crippen LogP contribution in [0.25, 0.3) is 0 Å². The van der Waals surface area contributed by atoms with Crippen LogP contribution < -0.4 is 10.1 Å². The van der Waals surface area contributed by atoms with Crippen molar-refractivity contribution in [2.24, 2.45) is 0 Å². The lowest BCUT2D eigenvalue weighted by atomic mass is 10.2. The Kier molecular flexibility index (Phi) is 6.84. The molecule has 0 aliphatic heterocycles. The predicted octanol–water partition coefficient (Wildman–Crippen LogP) is 2.27. The first kappa shape index (κ1) is 19.1. The molecule has 1 amide bonds. The molecule has 0 saturated heterocycles. The van der Waals surface area contributed by atoms with Crippen molar-refractivity contribution in [2.45, 2.75) is 19.6 Å². The van der Waals surface area contributed by atoms with Crippen LogP contribution >= 0.6 is 0 Å². The minimum absolute atomic E-state index is 0.195. The van der Waals surface area contributed by atoms with E-state index in [0.29, 0.717) is 17.6 Å². The number of benzene rings is 2. The van der Waals surface area contributed by atoms with Crippen molar-refractivity contribution in [1.82, 2.24) is 5.32 Å². The van der Waals surface area contributed by atoms with Gasteiger partial charge in [0.05, 0.1) is 0 Å². The summed E-state index contributed by atoms with van der Waals surface area (Å²) < 4.78 is 23.0. The van der Waals surface area contributed by atoms with E-state index in [0.717, 1.165) is 5.56 Å². The van der Waals surface area contributed by atoms with Crippen LogP contribution in [0, 0.1) is 5.82 Å². The fraction of sp³-hybridized carbons (Fsp3) is 0.211. The number of amides is 1. The standard InChI is InChI=1S/C19H18FNO5/c1-13(19(24)21-10-14-2-6-16(20)7-3-14)26-18(23)12-25-17-8-4-15(11-22)5-9-17/h2-9,11,13H,10,12H2,1H3,(H,21,24)/t13-/m1/s1. The minimum Gasteiger partial charge on any atom is -0.482 e. The third kappa shape index (κ3) is 6.01. The second-order valence-corrected chi connectivity index (χ2v) is 5.45. The van der Waals surface area contributed by atoms with Crippen LogP contribution in [0.15, 0.2) is 48.5 Å². The molecule has 0 spiro atoms. The van der Waals surface area contributed by atoms with Crippen molar-refractivity contribution in [2.75, 3.05) is 6.61 Å². The number of carbonyl (C=O) groups is 3. The summed E-state index contributed by atoms with van der Waals surface area (Å²) in [6, 6.07) is 11.9. The van der Waals surface area contributed by atoms with Crippen LogP contribution in [0.4, 0.5) is 4.39 Å². The molecule has 2 aromatic carbocycles. The van der Waals surface area contributed by atoms with Gasteiger partial charge in [0, 0.05) is 12.1 Å². The van der Waals surface area contributed by atoms with E-state index < -0.39 is 18.0 Å². The zero-order chi connectivity index (χ0) is 18.9. The van der Waals surface area contributed by atoms with Crippen LogP contribution in [-0.4, -0.2) is 30.9 Å². The lowest BCUT2D eigenvalue weighted by Gasteiger charge is -2.14. The van der Waals surface area contributed by atoms with Gasteiger partial charge in [-0.25, -0.2) is 9.18 Å². The van der Waals surface area contributed by atoms with E-state index in [4.69, 9.17) is 9.47 Å². The van der Waals surface area contributed by atoms with Gasteiger partial charge in [0.2, 0.25) is 0 Å². The van der Waals surface area contributed by atoms with Crippen LogP contribution in [0.5, 0.6) is 5.75 Å². The molecule has 26 heavy (non-hydrogen) atoms. The van der Waals surface area contributed by atoms with Crippen LogP contribution in [-0.2, 0) is 20.9 Å². The van der Waals surface area contributed by atoms with Gasteiger partial charge in [-0.1, -0.05) is 12.1 Å². The highest BCUT2D eigenvalue weighted by Crippen LogP contribution is 2.11. The quantitative estimate of drug-likeness (QED) is 0.578. The van der Waals surface area contributed by atoms with Crippen molar-refractivity contribution in [3.8, 4) is 5.75 Å². The molecule has 7 heteroatoms. The van der Waals surface area contributed by atoms with Gasteiger partial charge in [0.15, 0.2) is 12.7 Å². The molecule has 0 aromatic heterocycles. The molecule has 0 unspecified atom stereocenters. The lowest BCUT2D eigenvalue weighted by Crippen LogP contribution is -2.36. The van der Waals surface area contributed by atoms with Crippen molar-refractivity contribution < 1.29 is 28.2 Å². The summed E-state index contributed by atoms with van der Waals surface area (Å²) in [5, 5.41) is 2.60. The van der Waals surface area contributed by atoms with E-state index in [-0.39, 0.29) is 19.0 Å². The maximum atomic E-state index is 12.8. The first-order valence-corrected chi connectivity index (χ1v) is 7.87. The highest BCUT2D eigenvalue weighted by molar-refractivity contribution is 5.83. The normalized spacial score (nSPS) is 11.3. The lowest BCUT2D eigenvalue weighted by molar-refractivity contribution is -0.156. The average molecular weight is 359 g/mol. The molecule has 0 saturated carbocycles. The molecule has 1 N–H and O–H groups in total. The van der Waals surface area contributed by atoms with Gasteiger partial charge in [-0.15, -0.1) is 0 Å². The number of esters is 1. The molecule has 2 aromatic rings. The molecule has 1 atom stereocenters. The van der Waals surface area contributed by atoms with Gasteiger partial charge in [-0.05, 0) is 48.9 Å². The second-order valence-electron chi connectivity index (χ2n) is 5.45. The van der Waals surface area contributed by atoms with Gasteiger partial charge in [0.25, 0.3) is 5.91 Å². The Morgan fingerprint density at radius 3 is 2.38 bits per heavy atom. The molecule has 0 bridgehead atoms. The number of ether oxygens (including phenoxy) is 2. The summed E-state index contributed by atoms with van der Waals surface area (Å²) in [4.78, 5) is 34.2. The Labute approximate surface area is 149 Å². The van der Waals surface area contributed by atoms with E-state index in [2.05, 4.69) is 5.32 Å². The molecule has 0 aliphatic carbocycles. The number of rotatable bonds is 8. The highest BCUT2D eigenvalue weighted by Gasteiger charge is 2.17. The van der Waals surface area contributed by atoms with E-state index in [9.17, 15) is 18.8 Å². The van der Waals surface area contributed by atoms with Crippen LogP contribution in [0.3, 0.4) is 0 Å². The number of halogens is 1. The van der Waals surface area contributed by atoms with Crippen LogP contribution in [0.1, 0.15) is 22.8 Å². The van der Waals surface area contributed by atoms with Gasteiger partial charge < -0.3 is 14.8 Å². The van der Waals surface area contributed by atoms with Gasteiger partial charge in [-0.3, -0.25) is 9.59 Å². The van der Waals surface area contributed by atoms with Crippen molar-refractivity contribution >= 4 is 18.2 Å². The Hall–Kier alpha value is -3.22. The highest BCUT2D eigenvalue weighted by atomic mass is 19.1. The summed E-state index contributed by atoms with van der Waals surface area (Å²) in [7, 11) is 0. The number of aldehydes is 1. The fourth-order valence-electron chi connectivity index (χ4n) is 2.00. The molecule has 6 nitrogen and oxygen atoms in total. The summed E-state index contributed by atoms with van der Waals surface area (Å²) in [6.45, 7) is 1.27.